The summed E-state index contributed by atoms with van der Waals surface area (Å²) in [5, 5.41) is 3.87. The molecule has 3 atom stereocenters. The Morgan fingerprint density at radius 2 is 1.74 bits per heavy atom. The van der Waals surface area contributed by atoms with Crippen LogP contribution >= 0.6 is 34.8 Å². The molecule has 0 bridgehead atoms. The van der Waals surface area contributed by atoms with Gasteiger partial charge in [-0.15, -0.1) is 0 Å². The first-order chi connectivity index (χ1) is 18.5. The lowest BCUT2D eigenvalue weighted by Gasteiger charge is -2.42. The molecule has 2 heterocycles. The minimum absolute atomic E-state index is 0.00637. The van der Waals surface area contributed by atoms with Gasteiger partial charge in [0.2, 0.25) is 17.2 Å². The van der Waals surface area contributed by atoms with Crippen LogP contribution in [-0.4, -0.2) is 44.5 Å². The fourth-order valence-electron chi connectivity index (χ4n) is 5.70. The highest BCUT2D eigenvalue weighted by molar-refractivity contribution is 6.37. The fraction of sp³-hybridized carbons (Fsp3) is 0.321. The maximum atomic E-state index is 14.7. The van der Waals surface area contributed by atoms with E-state index in [2.05, 4.69) is 5.32 Å². The van der Waals surface area contributed by atoms with Crippen LogP contribution in [-0.2, 0) is 14.3 Å². The molecule has 0 amide bonds. The van der Waals surface area contributed by atoms with Crippen LogP contribution in [0.25, 0.3) is 0 Å². The first kappa shape index (κ1) is 27.4. The lowest BCUT2D eigenvalue weighted by atomic mass is 9.65. The normalized spacial score (nSPS) is 23.8. The van der Waals surface area contributed by atoms with Gasteiger partial charge in [0.1, 0.15) is 22.1 Å². The topological polar surface area (TPSA) is 100 Å². The number of halogens is 3. The van der Waals surface area contributed by atoms with Gasteiger partial charge < -0.3 is 24.3 Å². The van der Waals surface area contributed by atoms with Crippen molar-refractivity contribution in [3.05, 3.63) is 73.0 Å². The third-order valence-corrected chi connectivity index (χ3v) is 8.45. The summed E-state index contributed by atoms with van der Waals surface area (Å²) in [6, 6.07) is 6.27. The molecule has 2 aliphatic heterocycles. The smallest absolute Gasteiger partial charge is 0.336 e. The highest BCUT2D eigenvalue weighted by atomic mass is 35.5. The highest BCUT2D eigenvalue weighted by Crippen LogP contribution is 2.56. The second-order valence-corrected chi connectivity index (χ2v) is 10.8. The van der Waals surface area contributed by atoms with Crippen molar-refractivity contribution >= 4 is 52.3 Å². The van der Waals surface area contributed by atoms with Gasteiger partial charge in [-0.25, -0.2) is 4.79 Å². The van der Waals surface area contributed by atoms with E-state index in [1.807, 2.05) is 0 Å². The number of Topliss-reactive ketones (excluding diaryl/α,β-unsaturated/α-hetero) is 2. The number of carbonyl (C=O) groups is 3. The first-order valence-electron chi connectivity index (χ1n) is 12.0. The maximum absolute atomic E-state index is 14.7. The van der Waals surface area contributed by atoms with Gasteiger partial charge in [-0.3, -0.25) is 9.59 Å². The van der Waals surface area contributed by atoms with Crippen molar-refractivity contribution < 1.29 is 33.3 Å². The van der Waals surface area contributed by atoms with Gasteiger partial charge in [0, 0.05) is 44.9 Å². The highest BCUT2D eigenvalue weighted by Gasteiger charge is 2.63. The van der Waals surface area contributed by atoms with E-state index in [1.165, 1.54) is 33.5 Å². The average Bonchev–Trinajstić information content (AvgIpc) is 3.21. The number of benzene rings is 2. The van der Waals surface area contributed by atoms with Crippen molar-refractivity contribution in [2.75, 3.05) is 21.3 Å². The monoisotopic (exact) mass is 591 g/mol. The van der Waals surface area contributed by atoms with Gasteiger partial charge in [-0.1, -0.05) is 47.8 Å². The number of ketones is 2. The van der Waals surface area contributed by atoms with Crippen molar-refractivity contribution in [3.8, 4) is 17.2 Å². The Hall–Kier alpha value is -3.20. The number of allylic oxidation sites excluding steroid dienone is 2. The standard InChI is InChI=1S/C28H24Cl3NO7/c1-11-8-16-21(20(14-7-6-13(29)9-15(14)30)19(12(2)32-16)27(35)38-5)25(33)28(11)26(34)22-17(36-3)10-18(37-4)23(31)24(22)39-28/h6-7,9-11,20,32H,8H2,1-5H3/t11-,20-,28+/m1/s1. The van der Waals surface area contributed by atoms with Crippen LogP contribution in [0.5, 0.6) is 17.2 Å². The summed E-state index contributed by atoms with van der Waals surface area (Å²) in [5.74, 6) is -3.03. The minimum Gasteiger partial charge on any atom is -0.496 e. The molecule has 1 spiro atoms. The second kappa shape index (κ2) is 9.77. The number of fused-ring (bicyclic) bond motifs is 1. The predicted octanol–water partition coefficient (Wildman–Crippen LogP) is 5.67. The van der Waals surface area contributed by atoms with E-state index in [4.69, 9.17) is 53.8 Å². The second-order valence-electron chi connectivity index (χ2n) is 9.55. The summed E-state index contributed by atoms with van der Waals surface area (Å²) in [5.41, 5.74) is -0.0440. The Kier molecular flexibility index (Phi) is 6.85. The molecule has 204 valence electrons. The quantitative estimate of drug-likeness (QED) is 0.358. The molecular formula is C28H24Cl3NO7. The third-order valence-electron chi connectivity index (χ3n) is 7.53. The Bertz CT molecular complexity index is 1530. The molecule has 0 saturated carbocycles. The SMILES string of the molecule is COC(=O)C1=C(C)NC2=C(C(=O)[C@@]3(Oc4c(Cl)c(OC)cc(OC)c4C3=O)[C@H](C)C2)[C@@H]1c1ccc(Cl)cc1Cl. The lowest BCUT2D eigenvalue weighted by Crippen LogP contribution is -2.58. The summed E-state index contributed by atoms with van der Waals surface area (Å²) in [7, 11) is 4.07. The molecule has 3 aliphatic rings. The van der Waals surface area contributed by atoms with Gasteiger partial charge in [0.25, 0.3) is 0 Å². The molecule has 2 aromatic rings. The van der Waals surface area contributed by atoms with Gasteiger partial charge in [0.05, 0.1) is 26.9 Å². The van der Waals surface area contributed by atoms with Gasteiger partial charge in [-0.2, -0.15) is 0 Å². The number of carbonyl (C=O) groups excluding carboxylic acids is 3. The molecule has 39 heavy (non-hydrogen) atoms. The summed E-state index contributed by atoms with van der Waals surface area (Å²) in [6.45, 7) is 3.47. The number of hydrogen-bond acceptors (Lipinski definition) is 8. The molecule has 11 heteroatoms. The predicted molar refractivity (Wildman–Crippen MR) is 145 cm³/mol. The number of esters is 1. The summed E-state index contributed by atoms with van der Waals surface area (Å²) >= 11 is 19.3. The van der Waals surface area contributed by atoms with E-state index < -0.39 is 35.0 Å². The Morgan fingerprint density at radius 1 is 1.05 bits per heavy atom. The van der Waals surface area contributed by atoms with Gasteiger partial charge in [-0.05, 0) is 31.0 Å². The number of methoxy groups -OCH3 is 3. The molecule has 1 aliphatic carbocycles. The van der Waals surface area contributed by atoms with Crippen LogP contribution in [0.2, 0.25) is 15.1 Å². The van der Waals surface area contributed by atoms with E-state index in [1.54, 1.807) is 26.0 Å². The Balaban J connectivity index is 1.74. The van der Waals surface area contributed by atoms with Crippen molar-refractivity contribution in [1.29, 1.82) is 0 Å². The summed E-state index contributed by atoms with van der Waals surface area (Å²) in [4.78, 5) is 41.9. The first-order valence-corrected chi connectivity index (χ1v) is 13.1. The van der Waals surface area contributed by atoms with E-state index in [0.29, 0.717) is 22.0 Å². The minimum atomic E-state index is -1.96. The van der Waals surface area contributed by atoms with E-state index >= 15 is 0 Å². The number of nitrogens with one attached hydrogen (secondary N) is 1. The Morgan fingerprint density at radius 3 is 2.36 bits per heavy atom. The number of hydrogen-bond donors (Lipinski definition) is 1. The van der Waals surface area contributed by atoms with Crippen LogP contribution in [0.15, 0.2) is 46.8 Å². The molecule has 8 nitrogen and oxygen atoms in total. The molecule has 0 saturated heterocycles. The van der Waals surface area contributed by atoms with Crippen LogP contribution in [0.1, 0.15) is 42.1 Å². The van der Waals surface area contributed by atoms with Gasteiger partial charge in [0.15, 0.2) is 5.75 Å². The lowest BCUT2D eigenvalue weighted by molar-refractivity contribution is -0.136. The van der Waals surface area contributed by atoms with Crippen molar-refractivity contribution in [2.24, 2.45) is 5.92 Å². The van der Waals surface area contributed by atoms with E-state index in [0.717, 1.165) is 0 Å². The zero-order chi connectivity index (χ0) is 28.4. The summed E-state index contributed by atoms with van der Waals surface area (Å²) < 4.78 is 22.2. The van der Waals surface area contributed by atoms with Crippen LogP contribution < -0.4 is 19.5 Å². The fourth-order valence-corrected chi connectivity index (χ4v) is 6.48. The largest absolute Gasteiger partial charge is 0.496 e. The van der Waals surface area contributed by atoms with Crippen molar-refractivity contribution in [3.63, 3.8) is 0 Å². The van der Waals surface area contributed by atoms with Gasteiger partial charge >= 0.3 is 5.97 Å². The number of rotatable bonds is 4. The van der Waals surface area contributed by atoms with Crippen LogP contribution in [0.3, 0.4) is 0 Å². The Labute approximate surface area is 239 Å². The van der Waals surface area contributed by atoms with Crippen molar-refractivity contribution in [2.45, 2.75) is 31.8 Å². The zero-order valence-electron chi connectivity index (χ0n) is 21.7. The summed E-state index contributed by atoms with van der Waals surface area (Å²) in [6.07, 6.45) is 0.255. The van der Waals surface area contributed by atoms with E-state index in [-0.39, 0.29) is 50.4 Å². The number of dihydropyridines is 1. The molecule has 5 rings (SSSR count). The molecule has 2 aromatic carbocycles. The molecule has 0 aromatic heterocycles. The maximum Gasteiger partial charge on any atom is 0.336 e. The average molecular weight is 593 g/mol. The molecule has 0 unspecified atom stereocenters. The van der Waals surface area contributed by atoms with Crippen LogP contribution in [0, 0.1) is 5.92 Å². The molecule has 1 N–H and O–H groups in total. The number of ether oxygens (including phenoxy) is 4. The molecule has 0 fully saturated rings. The van der Waals surface area contributed by atoms with Crippen LogP contribution in [0.4, 0.5) is 0 Å². The molecule has 0 radical (unpaired) electrons. The van der Waals surface area contributed by atoms with E-state index in [9.17, 15) is 14.4 Å². The molecular weight excluding hydrogens is 569 g/mol. The third kappa shape index (κ3) is 3.84. The zero-order valence-corrected chi connectivity index (χ0v) is 23.9. The van der Waals surface area contributed by atoms with Crippen molar-refractivity contribution in [1.82, 2.24) is 5.32 Å².